The Bertz CT molecular complexity index is 757. The van der Waals surface area contributed by atoms with Crippen LogP contribution in [0, 0.1) is 0 Å². The Kier molecular flexibility index (Phi) is 6.32. The van der Waals surface area contributed by atoms with Gasteiger partial charge in [0, 0.05) is 16.7 Å². The summed E-state index contributed by atoms with van der Waals surface area (Å²) in [6.45, 7) is 0. The summed E-state index contributed by atoms with van der Waals surface area (Å²) < 4.78 is 0. The molecule has 3 nitrogen and oxygen atoms in total. The second kappa shape index (κ2) is 8.89. The molecule has 3 rings (SSSR count). The second-order valence-corrected chi connectivity index (χ2v) is 7.36. The number of quaternary nitrogens is 1. The lowest BCUT2D eigenvalue weighted by molar-refractivity contribution is -0.737. The summed E-state index contributed by atoms with van der Waals surface area (Å²) in [5.74, 6) is -0.576. The SMILES string of the molecule is CSC[C@H]([NH2+]C(c1ccccc1)(c1ccccc1)c1ccccc1)C(=O)[O-]. The van der Waals surface area contributed by atoms with E-state index in [-0.39, 0.29) is 0 Å². The van der Waals surface area contributed by atoms with Crippen molar-refractivity contribution in [2.45, 2.75) is 11.6 Å². The van der Waals surface area contributed by atoms with Crippen LogP contribution in [0.4, 0.5) is 0 Å². The van der Waals surface area contributed by atoms with Crippen molar-refractivity contribution in [3.8, 4) is 0 Å². The highest BCUT2D eigenvalue weighted by atomic mass is 32.2. The highest BCUT2D eigenvalue weighted by molar-refractivity contribution is 7.98. The van der Waals surface area contributed by atoms with Gasteiger partial charge in [-0.05, 0) is 6.26 Å². The van der Waals surface area contributed by atoms with Gasteiger partial charge in [0.15, 0.2) is 5.54 Å². The molecule has 0 saturated carbocycles. The van der Waals surface area contributed by atoms with E-state index in [1.807, 2.05) is 66.2 Å². The van der Waals surface area contributed by atoms with Crippen LogP contribution in [0.1, 0.15) is 16.7 Å². The normalized spacial score (nSPS) is 12.5. The zero-order chi connectivity index (χ0) is 19.1. The molecule has 0 radical (unpaired) electrons. The second-order valence-electron chi connectivity index (χ2n) is 6.45. The van der Waals surface area contributed by atoms with E-state index in [1.165, 1.54) is 11.8 Å². The smallest absolute Gasteiger partial charge is 0.174 e. The highest BCUT2D eigenvalue weighted by Crippen LogP contribution is 2.33. The molecule has 0 fully saturated rings. The highest BCUT2D eigenvalue weighted by Gasteiger charge is 2.42. The van der Waals surface area contributed by atoms with Crippen molar-refractivity contribution >= 4 is 17.7 Å². The number of benzene rings is 3. The fraction of sp³-hybridized carbons (Fsp3) is 0.174. The Morgan fingerprint density at radius 1 is 0.852 bits per heavy atom. The molecule has 27 heavy (non-hydrogen) atoms. The number of hydrogen-bond donors (Lipinski definition) is 1. The maximum atomic E-state index is 11.9. The van der Waals surface area contributed by atoms with Gasteiger partial charge in [-0.1, -0.05) is 91.0 Å². The molecule has 0 aliphatic rings. The summed E-state index contributed by atoms with van der Waals surface area (Å²) in [5, 5.41) is 13.8. The quantitative estimate of drug-likeness (QED) is 0.611. The summed E-state index contributed by atoms with van der Waals surface area (Å²) >= 11 is 1.51. The molecule has 138 valence electrons. The summed E-state index contributed by atoms with van der Waals surface area (Å²) in [4.78, 5) is 11.9. The first-order valence-electron chi connectivity index (χ1n) is 8.91. The summed E-state index contributed by atoms with van der Waals surface area (Å²) in [7, 11) is 0. The van der Waals surface area contributed by atoms with Crippen molar-refractivity contribution in [2.75, 3.05) is 12.0 Å². The lowest BCUT2D eigenvalue weighted by Gasteiger charge is -2.36. The van der Waals surface area contributed by atoms with Gasteiger partial charge in [0.25, 0.3) is 0 Å². The largest absolute Gasteiger partial charge is 0.544 e. The molecule has 3 aromatic rings. The van der Waals surface area contributed by atoms with Gasteiger partial charge >= 0.3 is 0 Å². The number of carbonyl (C=O) groups is 1. The fourth-order valence-electron chi connectivity index (χ4n) is 3.56. The summed E-state index contributed by atoms with van der Waals surface area (Å²) in [5.41, 5.74) is 2.43. The third-order valence-electron chi connectivity index (χ3n) is 4.79. The average Bonchev–Trinajstić information content (AvgIpc) is 2.73. The third-order valence-corrected chi connectivity index (χ3v) is 5.48. The van der Waals surface area contributed by atoms with Crippen molar-refractivity contribution in [3.05, 3.63) is 108 Å². The van der Waals surface area contributed by atoms with E-state index in [2.05, 4.69) is 36.4 Å². The van der Waals surface area contributed by atoms with Gasteiger partial charge < -0.3 is 15.2 Å². The number of rotatable bonds is 8. The third kappa shape index (κ3) is 4.07. The molecular weight excluding hydrogens is 354 g/mol. The number of nitrogens with two attached hydrogens (primary N) is 1. The molecule has 2 N–H and O–H groups in total. The number of carboxylic acid groups (broad SMARTS) is 1. The molecule has 0 spiro atoms. The zero-order valence-electron chi connectivity index (χ0n) is 15.2. The maximum absolute atomic E-state index is 11.9. The first-order valence-corrected chi connectivity index (χ1v) is 10.3. The van der Waals surface area contributed by atoms with Gasteiger partial charge in [0.1, 0.15) is 12.0 Å². The molecule has 0 aromatic heterocycles. The monoisotopic (exact) mass is 377 g/mol. The van der Waals surface area contributed by atoms with Crippen LogP contribution >= 0.6 is 11.8 Å². The molecule has 0 aliphatic carbocycles. The minimum Gasteiger partial charge on any atom is -0.544 e. The molecule has 3 aromatic carbocycles. The van der Waals surface area contributed by atoms with Crippen LogP contribution in [-0.4, -0.2) is 24.0 Å². The Morgan fingerprint density at radius 2 is 1.22 bits per heavy atom. The van der Waals surface area contributed by atoms with Crippen LogP contribution < -0.4 is 10.4 Å². The average molecular weight is 378 g/mol. The van der Waals surface area contributed by atoms with Crippen molar-refractivity contribution < 1.29 is 15.2 Å². The van der Waals surface area contributed by atoms with Gasteiger partial charge in [0.05, 0.1) is 5.75 Å². The van der Waals surface area contributed by atoms with Crippen LogP contribution in [0.2, 0.25) is 0 Å². The number of carbonyl (C=O) groups excluding carboxylic acids is 1. The van der Waals surface area contributed by atoms with Crippen LogP contribution in [0.25, 0.3) is 0 Å². The summed E-state index contributed by atoms with van der Waals surface area (Å²) in [6.07, 6.45) is 1.92. The van der Waals surface area contributed by atoms with Crippen molar-refractivity contribution in [3.63, 3.8) is 0 Å². The molecule has 4 heteroatoms. The van der Waals surface area contributed by atoms with Crippen molar-refractivity contribution in [2.24, 2.45) is 0 Å². The first-order chi connectivity index (χ1) is 13.2. The van der Waals surface area contributed by atoms with Gasteiger partial charge in [0.2, 0.25) is 0 Å². The van der Waals surface area contributed by atoms with E-state index < -0.39 is 17.6 Å². The Hall–Kier alpha value is -2.56. The van der Waals surface area contributed by atoms with Gasteiger partial charge in [-0.2, -0.15) is 11.8 Å². The van der Waals surface area contributed by atoms with Crippen molar-refractivity contribution in [1.82, 2.24) is 0 Å². The molecule has 0 bridgehead atoms. The van der Waals surface area contributed by atoms with Gasteiger partial charge in [-0.25, -0.2) is 0 Å². The summed E-state index contributed by atoms with van der Waals surface area (Å²) in [6, 6.07) is 29.5. The van der Waals surface area contributed by atoms with E-state index in [0.29, 0.717) is 5.75 Å². The zero-order valence-corrected chi connectivity index (χ0v) is 16.1. The van der Waals surface area contributed by atoms with E-state index in [0.717, 1.165) is 16.7 Å². The fourth-order valence-corrected chi connectivity index (χ4v) is 4.15. The molecule has 0 saturated heterocycles. The van der Waals surface area contributed by atoms with E-state index in [1.54, 1.807) is 0 Å². The van der Waals surface area contributed by atoms with Gasteiger partial charge in [-0.3, -0.25) is 0 Å². The Balaban J connectivity index is 2.27. The number of thioether (sulfide) groups is 1. The lowest BCUT2D eigenvalue weighted by Crippen LogP contribution is -3.02. The molecular formula is C23H23NO2S. The predicted molar refractivity (Wildman–Crippen MR) is 108 cm³/mol. The maximum Gasteiger partial charge on any atom is 0.174 e. The molecule has 0 unspecified atom stereocenters. The van der Waals surface area contributed by atoms with E-state index in [4.69, 9.17) is 0 Å². The van der Waals surface area contributed by atoms with Crippen LogP contribution in [0.15, 0.2) is 91.0 Å². The first kappa shape index (κ1) is 19.2. The molecule has 0 aliphatic heterocycles. The number of hydrogen-bond acceptors (Lipinski definition) is 3. The van der Waals surface area contributed by atoms with Crippen molar-refractivity contribution in [1.29, 1.82) is 0 Å². The topological polar surface area (TPSA) is 56.7 Å². The minimum atomic E-state index is -1.04. The predicted octanol–water partition coefficient (Wildman–Crippen LogP) is 2.02. The Labute approximate surface area is 164 Å². The van der Waals surface area contributed by atoms with Crippen LogP contribution in [0.5, 0.6) is 0 Å². The van der Waals surface area contributed by atoms with Crippen LogP contribution in [0.3, 0.4) is 0 Å². The van der Waals surface area contributed by atoms with Crippen LogP contribution in [-0.2, 0) is 10.3 Å². The Morgan fingerprint density at radius 3 is 1.52 bits per heavy atom. The number of aliphatic carboxylic acids is 1. The standard InChI is InChI=1S/C23H23NO2S/c1-27-17-21(22(25)26)24-23(18-11-5-2-6-12-18,19-13-7-3-8-14-19)20-15-9-4-10-16-20/h2-16,21,24H,17H2,1H3,(H,25,26)/t21-/m0/s1. The number of carboxylic acids is 1. The van der Waals surface area contributed by atoms with E-state index >= 15 is 0 Å². The van der Waals surface area contributed by atoms with Gasteiger partial charge in [-0.15, -0.1) is 0 Å². The minimum absolute atomic E-state index is 0.469. The molecule has 1 atom stereocenters. The van der Waals surface area contributed by atoms with E-state index in [9.17, 15) is 9.90 Å². The molecule has 0 amide bonds. The lowest BCUT2D eigenvalue weighted by atomic mass is 9.76. The molecule has 0 heterocycles.